The van der Waals surface area contributed by atoms with Crippen LogP contribution in [0.15, 0.2) is 24.3 Å². The van der Waals surface area contributed by atoms with E-state index in [0.29, 0.717) is 11.3 Å². The summed E-state index contributed by atoms with van der Waals surface area (Å²) in [5.74, 6) is 0.816. The van der Waals surface area contributed by atoms with E-state index in [0.717, 1.165) is 23.8 Å². The van der Waals surface area contributed by atoms with Crippen molar-refractivity contribution in [3.05, 3.63) is 29.8 Å². The van der Waals surface area contributed by atoms with Crippen molar-refractivity contribution in [3.63, 3.8) is 0 Å². The Morgan fingerprint density at radius 3 is 2.67 bits per heavy atom. The average molecular weight is 298 g/mol. The Morgan fingerprint density at radius 2 is 2.05 bits per heavy atom. The van der Waals surface area contributed by atoms with Crippen LogP contribution in [0, 0.1) is 0 Å². The number of ether oxygens (including phenoxy) is 1. The van der Waals surface area contributed by atoms with Crippen molar-refractivity contribution in [2.75, 3.05) is 19.0 Å². The minimum Gasteiger partial charge on any atom is -0.482 e. The fourth-order valence-electron chi connectivity index (χ4n) is 2.17. The molecule has 114 valence electrons. The lowest BCUT2D eigenvalue weighted by atomic mass is 10.1. The Bertz CT molecular complexity index is 626. The number of para-hydroxylation sites is 1. The van der Waals surface area contributed by atoms with E-state index in [9.17, 15) is 13.2 Å². The fourth-order valence-corrected chi connectivity index (χ4v) is 2.17. The monoisotopic (exact) mass is 298 g/mol. The molecular weight excluding hydrogens is 281 g/mol. The molecule has 2 aromatic rings. The van der Waals surface area contributed by atoms with E-state index in [4.69, 9.17) is 4.74 Å². The first-order valence-electron chi connectivity index (χ1n) is 6.74. The van der Waals surface area contributed by atoms with Crippen molar-refractivity contribution in [1.29, 1.82) is 0 Å². The number of halogens is 3. The molecule has 6 heteroatoms. The Morgan fingerprint density at radius 1 is 1.29 bits per heavy atom. The molecule has 0 spiro atoms. The molecule has 0 saturated heterocycles. The van der Waals surface area contributed by atoms with Crippen molar-refractivity contribution >= 4 is 16.7 Å². The molecule has 2 rings (SSSR count). The van der Waals surface area contributed by atoms with Crippen LogP contribution in [0.25, 0.3) is 10.9 Å². The highest BCUT2D eigenvalue weighted by Gasteiger charge is 2.28. The molecule has 0 fully saturated rings. The zero-order valence-electron chi connectivity index (χ0n) is 11.9. The van der Waals surface area contributed by atoms with Crippen LogP contribution >= 0.6 is 0 Å². The number of hydrogen-bond acceptors (Lipinski definition) is 3. The van der Waals surface area contributed by atoms with Gasteiger partial charge in [0.25, 0.3) is 0 Å². The highest BCUT2D eigenvalue weighted by molar-refractivity contribution is 5.87. The molecule has 1 heterocycles. The highest BCUT2D eigenvalue weighted by atomic mass is 19.4. The Kier molecular flexibility index (Phi) is 4.55. The van der Waals surface area contributed by atoms with Gasteiger partial charge in [0.1, 0.15) is 17.1 Å². The maximum atomic E-state index is 12.3. The van der Waals surface area contributed by atoms with Gasteiger partial charge in [0.2, 0.25) is 0 Å². The van der Waals surface area contributed by atoms with Gasteiger partial charge in [-0.3, -0.25) is 0 Å². The van der Waals surface area contributed by atoms with Crippen LogP contribution < -0.4 is 10.1 Å². The summed E-state index contributed by atoms with van der Waals surface area (Å²) < 4.78 is 41.7. The molecular formula is C15H17F3N2O. The smallest absolute Gasteiger partial charge is 0.422 e. The van der Waals surface area contributed by atoms with E-state index in [2.05, 4.69) is 17.2 Å². The second-order valence-electron chi connectivity index (χ2n) is 4.73. The van der Waals surface area contributed by atoms with Crippen molar-refractivity contribution < 1.29 is 17.9 Å². The van der Waals surface area contributed by atoms with E-state index in [1.165, 1.54) is 6.07 Å². The number of anilines is 1. The quantitative estimate of drug-likeness (QED) is 0.899. The van der Waals surface area contributed by atoms with Crippen LogP contribution in [0.5, 0.6) is 5.75 Å². The number of pyridine rings is 1. The number of nitrogens with one attached hydrogen (secondary N) is 1. The van der Waals surface area contributed by atoms with Crippen molar-refractivity contribution in [2.45, 2.75) is 25.9 Å². The predicted molar refractivity (Wildman–Crippen MR) is 76.8 cm³/mol. The third-order valence-corrected chi connectivity index (χ3v) is 3.04. The van der Waals surface area contributed by atoms with Gasteiger partial charge < -0.3 is 10.1 Å². The van der Waals surface area contributed by atoms with E-state index in [1.54, 1.807) is 13.1 Å². The molecule has 1 N–H and O–H groups in total. The van der Waals surface area contributed by atoms with Gasteiger partial charge in [-0.1, -0.05) is 25.5 Å². The molecule has 0 aliphatic carbocycles. The number of alkyl halides is 3. The third kappa shape index (κ3) is 3.77. The highest BCUT2D eigenvalue weighted by Crippen LogP contribution is 2.29. The van der Waals surface area contributed by atoms with E-state index >= 15 is 0 Å². The summed E-state index contributed by atoms with van der Waals surface area (Å²) in [6.07, 6.45) is -2.55. The van der Waals surface area contributed by atoms with E-state index < -0.39 is 12.8 Å². The number of benzene rings is 1. The number of aryl methyl sites for hydroxylation is 1. The van der Waals surface area contributed by atoms with Gasteiger partial charge in [-0.25, -0.2) is 4.98 Å². The normalized spacial score (nSPS) is 11.7. The molecule has 0 atom stereocenters. The SMILES string of the molecule is CCCc1cc2cccc(OCC(F)(F)F)c2nc1NC. The molecule has 0 radical (unpaired) electrons. The van der Waals surface area contributed by atoms with Gasteiger partial charge in [-0.05, 0) is 24.1 Å². The van der Waals surface area contributed by atoms with Gasteiger partial charge in [-0.15, -0.1) is 0 Å². The minimum absolute atomic E-state index is 0.143. The van der Waals surface area contributed by atoms with Crippen LogP contribution in [-0.2, 0) is 6.42 Å². The lowest BCUT2D eigenvalue weighted by Gasteiger charge is -2.13. The second-order valence-corrected chi connectivity index (χ2v) is 4.73. The molecule has 3 nitrogen and oxygen atoms in total. The standard InChI is InChI=1S/C15H17F3N2O/c1-3-5-11-8-10-6-4-7-12(21-9-15(16,17)18)13(10)20-14(11)19-2/h4,6-8H,3,5,9H2,1-2H3,(H,19,20). The molecule has 1 aromatic carbocycles. The lowest BCUT2D eigenvalue weighted by molar-refractivity contribution is -0.153. The van der Waals surface area contributed by atoms with E-state index in [1.807, 2.05) is 12.1 Å². The molecule has 0 unspecified atom stereocenters. The molecule has 0 amide bonds. The summed E-state index contributed by atoms with van der Waals surface area (Å²) in [4.78, 5) is 4.41. The Labute approximate surface area is 121 Å². The number of nitrogens with zero attached hydrogens (tertiary/aromatic N) is 1. The summed E-state index contributed by atoms with van der Waals surface area (Å²) in [7, 11) is 1.74. The molecule has 1 aromatic heterocycles. The molecule has 0 aliphatic heterocycles. The van der Waals surface area contributed by atoms with Crippen molar-refractivity contribution in [3.8, 4) is 5.75 Å². The number of aromatic nitrogens is 1. The molecule has 0 aliphatic rings. The molecule has 21 heavy (non-hydrogen) atoms. The van der Waals surface area contributed by atoms with Crippen LogP contribution in [0.1, 0.15) is 18.9 Å². The summed E-state index contributed by atoms with van der Waals surface area (Å²) in [6, 6.07) is 6.93. The summed E-state index contributed by atoms with van der Waals surface area (Å²) >= 11 is 0. The van der Waals surface area contributed by atoms with Gasteiger partial charge in [0.15, 0.2) is 6.61 Å². The van der Waals surface area contributed by atoms with Crippen LogP contribution in [-0.4, -0.2) is 24.8 Å². The Balaban J connectivity index is 2.43. The van der Waals surface area contributed by atoms with Crippen molar-refractivity contribution in [1.82, 2.24) is 4.98 Å². The van der Waals surface area contributed by atoms with Crippen LogP contribution in [0.2, 0.25) is 0 Å². The fraction of sp³-hybridized carbons (Fsp3) is 0.400. The van der Waals surface area contributed by atoms with Crippen LogP contribution in [0.3, 0.4) is 0 Å². The first-order valence-corrected chi connectivity index (χ1v) is 6.74. The minimum atomic E-state index is -4.36. The first-order chi connectivity index (χ1) is 9.94. The van der Waals surface area contributed by atoms with Gasteiger partial charge >= 0.3 is 6.18 Å². The summed E-state index contributed by atoms with van der Waals surface area (Å²) in [6.45, 7) is 0.742. The Hall–Kier alpha value is -1.98. The maximum absolute atomic E-state index is 12.3. The second kappa shape index (κ2) is 6.20. The third-order valence-electron chi connectivity index (χ3n) is 3.04. The maximum Gasteiger partial charge on any atom is 0.422 e. The zero-order valence-corrected chi connectivity index (χ0v) is 11.9. The number of hydrogen-bond donors (Lipinski definition) is 1. The van der Waals surface area contributed by atoms with Crippen molar-refractivity contribution in [2.24, 2.45) is 0 Å². The lowest BCUT2D eigenvalue weighted by Crippen LogP contribution is -2.19. The largest absolute Gasteiger partial charge is 0.482 e. The average Bonchev–Trinajstić information content (AvgIpc) is 2.43. The van der Waals surface area contributed by atoms with Gasteiger partial charge in [0, 0.05) is 12.4 Å². The summed E-state index contributed by atoms with van der Waals surface area (Å²) in [5, 5.41) is 3.76. The zero-order chi connectivity index (χ0) is 15.5. The van der Waals surface area contributed by atoms with Gasteiger partial charge in [0.05, 0.1) is 0 Å². The number of rotatable bonds is 5. The van der Waals surface area contributed by atoms with Crippen LogP contribution in [0.4, 0.5) is 19.0 Å². The topological polar surface area (TPSA) is 34.1 Å². The first kappa shape index (κ1) is 15.4. The molecule has 0 bridgehead atoms. The summed E-state index contributed by atoms with van der Waals surface area (Å²) in [5.41, 5.74) is 1.48. The number of fused-ring (bicyclic) bond motifs is 1. The van der Waals surface area contributed by atoms with E-state index in [-0.39, 0.29) is 5.75 Å². The predicted octanol–water partition coefficient (Wildman–Crippen LogP) is 4.17. The molecule has 0 saturated carbocycles. The van der Waals surface area contributed by atoms with Gasteiger partial charge in [-0.2, -0.15) is 13.2 Å².